The summed E-state index contributed by atoms with van der Waals surface area (Å²) in [6, 6.07) is 10.7. The Kier molecular flexibility index (Phi) is 5.21. The summed E-state index contributed by atoms with van der Waals surface area (Å²) in [5.74, 6) is 0.0837. The Balaban J connectivity index is 1.54. The molecule has 0 spiro atoms. The number of aromatic nitrogens is 1. The van der Waals surface area contributed by atoms with Gasteiger partial charge in [-0.3, -0.25) is 9.69 Å². The number of carbonyl (C=O) groups excluding carboxylic acids is 1. The van der Waals surface area contributed by atoms with E-state index in [1.807, 2.05) is 12.1 Å². The van der Waals surface area contributed by atoms with Gasteiger partial charge in [-0.05, 0) is 38.4 Å². The van der Waals surface area contributed by atoms with E-state index in [0.29, 0.717) is 19.1 Å². The molecule has 1 aromatic carbocycles. The summed E-state index contributed by atoms with van der Waals surface area (Å²) < 4.78 is 2.09. The standard InChI is InChI=1S/C19H28N4O/c1-15-12-17-6-4-5-7-18(17)23(15)14-19(24)20-13-16(2)22-10-8-21(3)9-11-22/h4-7,12,16H,8-11,13-14H2,1-3H3,(H,20,24). The SMILES string of the molecule is Cc1cc2ccccc2n1CC(=O)NCC(C)N1CCN(C)CC1. The number of hydrogen-bond donors (Lipinski definition) is 1. The Morgan fingerprint density at radius 1 is 1.21 bits per heavy atom. The van der Waals surface area contributed by atoms with E-state index in [0.717, 1.165) is 37.4 Å². The number of nitrogens with one attached hydrogen (secondary N) is 1. The van der Waals surface area contributed by atoms with E-state index < -0.39 is 0 Å². The van der Waals surface area contributed by atoms with Crippen molar-refractivity contribution in [3.8, 4) is 0 Å². The lowest BCUT2D eigenvalue weighted by atomic mass is 10.2. The average Bonchev–Trinajstić information content (AvgIpc) is 2.89. The molecule has 1 amide bonds. The smallest absolute Gasteiger partial charge is 0.240 e. The van der Waals surface area contributed by atoms with Crippen LogP contribution < -0.4 is 5.32 Å². The van der Waals surface area contributed by atoms with E-state index in [4.69, 9.17) is 0 Å². The van der Waals surface area contributed by atoms with E-state index in [1.54, 1.807) is 0 Å². The van der Waals surface area contributed by atoms with Gasteiger partial charge in [-0.1, -0.05) is 18.2 Å². The van der Waals surface area contributed by atoms with Crippen molar-refractivity contribution in [3.05, 3.63) is 36.0 Å². The van der Waals surface area contributed by atoms with Gasteiger partial charge in [0, 0.05) is 50.0 Å². The van der Waals surface area contributed by atoms with Crippen LogP contribution >= 0.6 is 0 Å². The molecular weight excluding hydrogens is 300 g/mol. The third kappa shape index (κ3) is 3.79. The largest absolute Gasteiger partial charge is 0.353 e. The Hall–Kier alpha value is -1.85. The second kappa shape index (κ2) is 7.36. The summed E-state index contributed by atoms with van der Waals surface area (Å²) in [7, 11) is 2.16. The second-order valence-corrected chi connectivity index (χ2v) is 6.92. The van der Waals surface area contributed by atoms with Crippen LogP contribution in [0.4, 0.5) is 0 Å². The fourth-order valence-corrected chi connectivity index (χ4v) is 3.41. The molecule has 0 aliphatic carbocycles. The first kappa shape index (κ1) is 17.0. The third-order valence-corrected chi connectivity index (χ3v) is 5.08. The van der Waals surface area contributed by atoms with Gasteiger partial charge in [-0.15, -0.1) is 0 Å². The summed E-state index contributed by atoms with van der Waals surface area (Å²) in [6.45, 7) is 9.71. The number of hydrogen-bond acceptors (Lipinski definition) is 3. The Morgan fingerprint density at radius 3 is 2.67 bits per heavy atom. The van der Waals surface area contributed by atoms with Gasteiger partial charge in [0.15, 0.2) is 0 Å². The molecule has 0 radical (unpaired) electrons. The second-order valence-electron chi connectivity index (χ2n) is 6.92. The van der Waals surface area contributed by atoms with E-state index in [1.165, 1.54) is 5.39 Å². The first-order chi connectivity index (χ1) is 11.5. The highest BCUT2D eigenvalue weighted by Crippen LogP contribution is 2.18. The fraction of sp³-hybridized carbons (Fsp3) is 0.526. The van der Waals surface area contributed by atoms with Crippen molar-refractivity contribution in [1.29, 1.82) is 0 Å². The quantitative estimate of drug-likeness (QED) is 0.908. The molecule has 1 atom stereocenters. The van der Waals surface area contributed by atoms with E-state index >= 15 is 0 Å². The maximum absolute atomic E-state index is 12.4. The van der Waals surface area contributed by atoms with Crippen molar-refractivity contribution in [1.82, 2.24) is 19.7 Å². The number of aryl methyl sites for hydroxylation is 1. The molecule has 0 bridgehead atoms. The first-order valence-electron chi connectivity index (χ1n) is 8.79. The van der Waals surface area contributed by atoms with Crippen molar-refractivity contribution in [2.45, 2.75) is 26.4 Å². The first-order valence-corrected chi connectivity index (χ1v) is 8.79. The van der Waals surface area contributed by atoms with Gasteiger partial charge in [0.2, 0.25) is 5.91 Å². The zero-order chi connectivity index (χ0) is 17.1. The molecular formula is C19H28N4O. The number of nitrogens with zero attached hydrogens (tertiary/aromatic N) is 3. The van der Waals surface area contributed by atoms with Crippen molar-refractivity contribution >= 4 is 16.8 Å². The number of amides is 1. The normalized spacial score (nSPS) is 18.0. The van der Waals surface area contributed by atoms with E-state index in [9.17, 15) is 4.79 Å². The Bertz CT molecular complexity index is 700. The van der Waals surface area contributed by atoms with Crippen LogP contribution in [0.1, 0.15) is 12.6 Å². The molecule has 0 saturated carbocycles. The summed E-state index contributed by atoms with van der Waals surface area (Å²) in [5, 5.41) is 4.29. The maximum atomic E-state index is 12.4. The number of rotatable bonds is 5. The number of benzene rings is 1. The predicted molar refractivity (Wildman–Crippen MR) is 98.2 cm³/mol. The van der Waals surface area contributed by atoms with Gasteiger partial charge < -0.3 is 14.8 Å². The van der Waals surface area contributed by atoms with Crippen LogP contribution in [-0.2, 0) is 11.3 Å². The molecule has 5 heteroatoms. The van der Waals surface area contributed by atoms with Crippen LogP contribution in [0.5, 0.6) is 0 Å². The minimum atomic E-state index is 0.0837. The minimum absolute atomic E-state index is 0.0837. The van der Waals surface area contributed by atoms with Gasteiger partial charge >= 0.3 is 0 Å². The van der Waals surface area contributed by atoms with Crippen LogP contribution in [0.25, 0.3) is 10.9 Å². The zero-order valence-corrected chi connectivity index (χ0v) is 15.0. The van der Waals surface area contributed by atoms with Gasteiger partial charge in [0.1, 0.15) is 6.54 Å². The highest BCUT2D eigenvalue weighted by atomic mass is 16.1. The molecule has 130 valence electrons. The number of carbonyl (C=O) groups is 1. The molecule has 1 saturated heterocycles. The minimum Gasteiger partial charge on any atom is -0.353 e. The summed E-state index contributed by atoms with van der Waals surface area (Å²) >= 11 is 0. The summed E-state index contributed by atoms with van der Waals surface area (Å²) in [4.78, 5) is 17.2. The van der Waals surface area contributed by atoms with Crippen LogP contribution in [0.15, 0.2) is 30.3 Å². The van der Waals surface area contributed by atoms with Crippen molar-refractivity contribution in [2.75, 3.05) is 39.8 Å². The molecule has 1 aromatic heterocycles. The monoisotopic (exact) mass is 328 g/mol. The van der Waals surface area contributed by atoms with Gasteiger partial charge in [0.05, 0.1) is 0 Å². The van der Waals surface area contributed by atoms with Crippen LogP contribution in [-0.4, -0.2) is 66.1 Å². The van der Waals surface area contributed by atoms with Gasteiger partial charge in [-0.2, -0.15) is 0 Å². The number of fused-ring (bicyclic) bond motifs is 1. The molecule has 1 N–H and O–H groups in total. The van der Waals surface area contributed by atoms with E-state index in [-0.39, 0.29) is 5.91 Å². The highest BCUT2D eigenvalue weighted by molar-refractivity contribution is 5.84. The molecule has 3 rings (SSSR count). The highest BCUT2D eigenvalue weighted by Gasteiger charge is 2.19. The molecule has 1 unspecified atom stereocenters. The third-order valence-electron chi connectivity index (χ3n) is 5.08. The molecule has 5 nitrogen and oxygen atoms in total. The lowest BCUT2D eigenvalue weighted by Crippen LogP contribution is -2.51. The van der Waals surface area contributed by atoms with Gasteiger partial charge in [-0.25, -0.2) is 0 Å². The summed E-state index contributed by atoms with van der Waals surface area (Å²) in [5.41, 5.74) is 2.25. The Labute approximate surface area is 144 Å². The van der Waals surface area contributed by atoms with Gasteiger partial charge in [0.25, 0.3) is 0 Å². The zero-order valence-electron chi connectivity index (χ0n) is 15.0. The average molecular weight is 328 g/mol. The number of piperazine rings is 1. The maximum Gasteiger partial charge on any atom is 0.240 e. The van der Waals surface area contributed by atoms with E-state index in [2.05, 4.69) is 58.8 Å². The van der Waals surface area contributed by atoms with Crippen LogP contribution in [0.3, 0.4) is 0 Å². The van der Waals surface area contributed by atoms with Crippen molar-refractivity contribution < 1.29 is 4.79 Å². The van der Waals surface area contributed by atoms with Crippen molar-refractivity contribution in [2.24, 2.45) is 0 Å². The molecule has 24 heavy (non-hydrogen) atoms. The lowest BCUT2D eigenvalue weighted by molar-refractivity contribution is -0.121. The molecule has 1 fully saturated rings. The lowest BCUT2D eigenvalue weighted by Gasteiger charge is -2.36. The topological polar surface area (TPSA) is 40.5 Å². The molecule has 1 aliphatic rings. The summed E-state index contributed by atoms with van der Waals surface area (Å²) in [6.07, 6.45) is 0. The van der Waals surface area contributed by atoms with Crippen LogP contribution in [0, 0.1) is 6.92 Å². The molecule has 2 aromatic rings. The molecule has 2 heterocycles. The van der Waals surface area contributed by atoms with Crippen molar-refractivity contribution in [3.63, 3.8) is 0 Å². The number of para-hydroxylation sites is 1. The molecule has 1 aliphatic heterocycles. The predicted octanol–water partition coefficient (Wildman–Crippen LogP) is 1.70. The Morgan fingerprint density at radius 2 is 1.92 bits per heavy atom. The number of likely N-dealkylation sites (N-methyl/N-ethyl adjacent to an activating group) is 1. The van der Waals surface area contributed by atoms with Crippen LogP contribution in [0.2, 0.25) is 0 Å². The fourth-order valence-electron chi connectivity index (χ4n) is 3.41.